The van der Waals surface area contributed by atoms with E-state index in [-0.39, 0.29) is 23.4 Å². The van der Waals surface area contributed by atoms with Gasteiger partial charge in [-0.1, -0.05) is 63.1 Å². The molecule has 15 heteroatoms. The van der Waals surface area contributed by atoms with Crippen LogP contribution in [0.4, 0.5) is 10.2 Å². The molecule has 1 saturated heterocycles. The predicted octanol–water partition coefficient (Wildman–Crippen LogP) is 4.72. The molecular weight excluding hydrogens is 642 g/mol. The molecule has 0 radical (unpaired) electrons. The summed E-state index contributed by atoms with van der Waals surface area (Å²) in [5.41, 5.74) is -2.48. The maximum Gasteiger partial charge on any atom is 0.459 e. The average Bonchev–Trinajstić information content (AvgIpc) is 3.55. The van der Waals surface area contributed by atoms with E-state index in [9.17, 15) is 14.5 Å². The molecule has 6 atom stereocenters. The van der Waals surface area contributed by atoms with Crippen molar-refractivity contribution in [3.05, 3.63) is 54.6 Å². The largest absolute Gasteiger partial charge is 0.464 e. The molecule has 1 aliphatic heterocycles. The zero-order valence-corrected chi connectivity index (χ0v) is 28.8. The van der Waals surface area contributed by atoms with Gasteiger partial charge in [-0.3, -0.25) is 13.9 Å². The molecule has 5 rings (SSSR count). The summed E-state index contributed by atoms with van der Waals surface area (Å²) >= 11 is 0. The summed E-state index contributed by atoms with van der Waals surface area (Å²) in [6, 6.07) is 11.3. The Balaban J connectivity index is 1.43. The topological polar surface area (TPSA) is 150 Å². The molecule has 1 aliphatic rings. The second-order valence-electron chi connectivity index (χ2n) is 13.1. The fraction of sp³-hybridized carbons (Fsp3) is 0.455. The van der Waals surface area contributed by atoms with Crippen molar-refractivity contribution >= 4 is 41.5 Å². The minimum Gasteiger partial charge on any atom is -0.464 e. The molecule has 0 aliphatic carbocycles. The number of benzene rings is 2. The number of hydrogen-bond donors (Lipinski definition) is 2. The zero-order chi connectivity index (χ0) is 35.0. The Morgan fingerprint density at radius 3 is 2.65 bits per heavy atom. The highest BCUT2D eigenvalue weighted by Gasteiger charge is 2.58. The van der Waals surface area contributed by atoms with Crippen molar-refractivity contribution in [1.29, 1.82) is 0 Å². The number of carbonyl (C=O) groups is 1. The van der Waals surface area contributed by atoms with Crippen LogP contribution in [0.5, 0.6) is 5.75 Å². The normalized spacial score (nSPS) is 23.0. The van der Waals surface area contributed by atoms with Crippen LogP contribution in [-0.4, -0.2) is 81.8 Å². The van der Waals surface area contributed by atoms with Crippen molar-refractivity contribution in [1.82, 2.24) is 24.6 Å². The number of alkyl halides is 1. The first kappa shape index (κ1) is 35.2. The molecular formula is C33H40FN6O7P. The van der Waals surface area contributed by atoms with Crippen LogP contribution in [0.1, 0.15) is 39.7 Å². The number of terminal acetylenes is 1. The molecule has 0 amide bonds. The first-order chi connectivity index (χ1) is 22.5. The lowest BCUT2D eigenvalue weighted by Crippen LogP contribution is -2.42. The van der Waals surface area contributed by atoms with E-state index in [2.05, 4.69) is 20.0 Å². The number of nitrogens with one attached hydrogen (secondary N) is 1. The van der Waals surface area contributed by atoms with Gasteiger partial charge in [-0.15, -0.1) is 6.42 Å². The second kappa shape index (κ2) is 13.4. The van der Waals surface area contributed by atoms with E-state index in [1.54, 1.807) is 50.2 Å². The number of hydrogen-bond acceptors (Lipinski definition) is 11. The number of fused-ring (bicyclic) bond motifs is 2. The number of ether oxygens (including phenoxy) is 2. The Labute approximate surface area is 278 Å². The van der Waals surface area contributed by atoms with E-state index in [1.165, 1.54) is 17.8 Å². The van der Waals surface area contributed by atoms with E-state index in [0.717, 1.165) is 5.39 Å². The first-order valence-corrected chi connectivity index (χ1v) is 16.8. The lowest BCUT2D eigenvalue weighted by atomic mass is 9.97. The summed E-state index contributed by atoms with van der Waals surface area (Å²) in [6.07, 6.45) is 2.00. The summed E-state index contributed by atoms with van der Waals surface area (Å²) < 4.78 is 55.3. The monoisotopic (exact) mass is 682 g/mol. The first-order valence-electron chi connectivity index (χ1n) is 15.3. The van der Waals surface area contributed by atoms with E-state index in [1.807, 2.05) is 44.9 Å². The van der Waals surface area contributed by atoms with Gasteiger partial charge in [0.25, 0.3) is 0 Å². The number of esters is 1. The van der Waals surface area contributed by atoms with Gasteiger partial charge >= 0.3 is 13.7 Å². The Bertz CT molecular complexity index is 1900. The van der Waals surface area contributed by atoms with Crippen molar-refractivity contribution in [3.63, 3.8) is 0 Å². The minimum atomic E-state index is -4.45. The standard InChI is InChI=1S/C33H40FN6O7P/c1-9-33(34)27(41)25(46-31(33)40-19-35-26-28(39(7)8)36-21(3)37-29(26)40)17-45-48(43,38-20(2)30(42)44-18-32(4,5)6)47-24-16-12-14-22-13-10-11-15-23(22)24/h1,10-16,19-20,25,27,31,41H,17-18H2,2-8H3,(H,38,43)/t20-,25+,27+,31+,33+,48?/m0/s1. The Kier molecular flexibility index (Phi) is 9.83. The van der Waals surface area contributed by atoms with Crippen molar-refractivity contribution in [2.24, 2.45) is 5.41 Å². The zero-order valence-electron chi connectivity index (χ0n) is 27.9. The van der Waals surface area contributed by atoms with Gasteiger partial charge in [0, 0.05) is 19.5 Å². The maximum absolute atomic E-state index is 16.5. The van der Waals surface area contributed by atoms with Gasteiger partial charge in [0.1, 0.15) is 29.8 Å². The minimum absolute atomic E-state index is 0.116. The van der Waals surface area contributed by atoms with Crippen LogP contribution in [0.25, 0.3) is 21.9 Å². The van der Waals surface area contributed by atoms with Crippen LogP contribution < -0.4 is 14.5 Å². The third-order valence-electron chi connectivity index (χ3n) is 7.59. The fourth-order valence-electron chi connectivity index (χ4n) is 5.17. The molecule has 1 fully saturated rings. The number of carbonyl (C=O) groups excluding carboxylic acids is 1. The van der Waals surface area contributed by atoms with Crippen LogP contribution in [0, 0.1) is 24.7 Å². The summed E-state index contributed by atoms with van der Waals surface area (Å²) in [5, 5.41) is 15.2. The number of nitrogens with zero attached hydrogens (tertiary/aromatic N) is 5. The van der Waals surface area contributed by atoms with E-state index in [4.69, 9.17) is 24.9 Å². The van der Waals surface area contributed by atoms with Crippen LogP contribution in [0.15, 0.2) is 48.8 Å². The summed E-state index contributed by atoms with van der Waals surface area (Å²) in [4.78, 5) is 27.8. The maximum atomic E-state index is 16.5. The van der Waals surface area contributed by atoms with Gasteiger partial charge in [-0.25, -0.2) is 23.9 Å². The van der Waals surface area contributed by atoms with Gasteiger partial charge < -0.3 is 24.0 Å². The number of aliphatic hydroxyl groups excluding tert-OH is 1. The highest BCUT2D eigenvalue weighted by atomic mass is 31.2. The number of imidazole rings is 1. The van der Waals surface area contributed by atoms with E-state index < -0.39 is 50.5 Å². The number of rotatable bonds is 11. The Hall–Kier alpha value is -4.12. The molecule has 1 unspecified atom stereocenters. The van der Waals surface area contributed by atoms with Gasteiger partial charge in [-0.05, 0) is 30.7 Å². The second-order valence-corrected chi connectivity index (χ2v) is 14.8. The molecule has 0 saturated carbocycles. The van der Waals surface area contributed by atoms with Crippen LogP contribution >= 0.6 is 7.75 Å². The van der Waals surface area contributed by atoms with Crippen LogP contribution in [0.3, 0.4) is 0 Å². The lowest BCUT2D eigenvalue weighted by Gasteiger charge is -2.26. The van der Waals surface area contributed by atoms with Crippen molar-refractivity contribution < 1.29 is 37.4 Å². The highest BCUT2D eigenvalue weighted by molar-refractivity contribution is 7.52. The van der Waals surface area contributed by atoms with Crippen molar-refractivity contribution in [2.45, 2.75) is 64.8 Å². The number of halogens is 1. The molecule has 2 N–H and O–H groups in total. The van der Waals surface area contributed by atoms with Crippen LogP contribution in [0.2, 0.25) is 0 Å². The smallest absolute Gasteiger partial charge is 0.459 e. The summed E-state index contributed by atoms with van der Waals surface area (Å²) in [6.45, 7) is 8.30. The third kappa shape index (κ3) is 7.16. The molecule has 4 aromatic rings. The Morgan fingerprint density at radius 1 is 1.25 bits per heavy atom. The predicted molar refractivity (Wildman–Crippen MR) is 178 cm³/mol. The van der Waals surface area contributed by atoms with Crippen LogP contribution in [-0.2, 0) is 23.4 Å². The number of aromatic nitrogens is 4. The molecule has 2 aromatic heterocycles. The van der Waals surface area contributed by atoms with Gasteiger partial charge in [0.05, 0.1) is 19.5 Å². The van der Waals surface area contributed by atoms with E-state index in [0.29, 0.717) is 22.5 Å². The molecule has 48 heavy (non-hydrogen) atoms. The lowest BCUT2D eigenvalue weighted by molar-refractivity contribution is -0.148. The van der Waals surface area contributed by atoms with Gasteiger partial charge in [0.2, 0.25) is 5.67 Å². The molecule has 0 spiro atoms. The number of anilines is 1. The molecule has 0 bridgehead atoms. The molecule has 2 aromatic carbocycles. The number of aliphatic hydroxyl groups is 1. The van der Waals surface area contributed by atoms with Gasteiger partial charge in [-0.2, -0.15) is 5.09 Å². The fourth-order valence-corrected chi connectivity index (χ4v) is 6.69. The molecule has 256 valence electrons. The quantitative estimate of drug-likeness (QED) is 0.128. The molecule has 3 heterocycles. The van der Waals surface area contributed by atoms with Gasteiger partial charge in [0.15, 0.2) is 23.2 Å². The average molecular weight is 683 g/mol. The molecule has 13 nitrogen and oxygen atoms in total. The van der Waals surface area contributed by atoms with E-state index >= 15 is 4.39 Å². The summed E-state index contributed by atoms with van der Waals surface area (Å²) in [7, 11) is -0.894. The van der Waals surface area contributed by atoms with Crippen molar-refractivity contribution in [3.8, 4) is 18.1 Å². The number of aryl methyl sites for hydroxylation is 1. The third-order valence-corrected chi connectivity index (χ3v) is 9.22. The Morgan fingerprint density at radius 2 is 1.96 bits per heavy atom. The SMILES string of the molecule is C#C[C@@]1(F)[C@H](O)[C@@H](COP(=O)(N[C@@H](C)C(=O)OCC(C)(C)C)Oc2cccc3ccccc23)O[C@H]1n1cnc2c(N(C)C)nc(C)nc21. The van der Waals surface area contributed by atoms with Crippen molar-refractivity contribution in [2.75, 3.05) is 32.2 Å². The highest BCUT2D eigenvalue weighted by Crippen LogP contribution is 2.49. The summed E-state index contributed by atoms with van der Waals surface area (Å²) in [5.74, 6) is 2.42.